The van der Waals surface area contributed by atoms with Gasteiger partial charge in [-0.15, -0.1) is 0 Å². The average molecular weight is 410 g/mol. The first-order chi connectivity index (χ1) is 13.1. The van der Waals surface area contributed by atoms with Gasteiger partial charge in [0.2, 0.25) is 0 Å². The Morgan fingerprint density at radius 1 is 1.18 bits per heavy atom. The number of hydrogen-bond donors (Lipinski definition) is 2. The van der Waals surface area contributed by atoms with Gasteiger partial charge in [-0.3, -0.25) is 9.36 Å². The van der Waals surface area contributed by atoms with Crippen molar-refractivity contribution in [3.05, 3.63) is 34.4 Å². The highest BCUT2D eigenvalue weighted by molar-refractivity contribution is 7.32. The molecule has 0 heterocycles. The zero-order valence-corrected chi connectivity index (χ0v) is 18.8. The zero-order chi connectivity index (χ0) is 21.3. The van der Waals surface area contributed by atoms with Crippen LogP contribution in [-0.2, 0) is 32.1 Å². The summed E-state index contributed by atoms with van der Waals surface area (Å²) < 4.78 is 15.0. The lowest BCUT2D eigenvalue weighted by molar-refractivity contribution is -0.116. The van der Waals surface area contributed by atoms with Crippen LogP contribution < -0.4 is 0 Å². The van der Waals surface area contributed by atoms with Crippen LogP contribution in [0.15, 0.2) is 12.1 Å². The van der Waals surface area contributed by atoms with E-state index in [1.54, 1.807) is 6.08 Å². The van der Waals surface area contributed by atoms with Gasteiger partial charge in [-0.05, 0) is 59.9 Å². The Morgan fingerprint density at radius 2 is 1.75 bits per heavy atom. The van der Waals surface area contributed by atoms with Crippen molar-refractivity contribution >= 4 is 20.1 Å². The van der Waals surface area contributed by atoms with Gasteiger partial charge < -0.3 is 14.5 Å². The third-order valence-corrected chi connectivity index (χ3v) is 5.14. The van der Waals surface area contributed by atoms with E-state index in [4.69, 9.17) is 4.89 Å². The number of phenols is 1. The van der Waals surface area contributed by atoms with Crippen LogP contribution in [0.4, 0.5) is 0 Å². The van der Waals surface area contributed by atoms with Crippen LogP contribution in [0, 0.1) is 0 Å². The molecule has 1 unspecified atom stereocenters. The minimum absolute atomic E-state index is 0.205. The molecule has 0 fully saturated rings. The Morgan fingerprint density at radius 3 is 2.25 bits per heavy atom. The first-order valence-corrected chi connectivity index (χ1v) is 11.3. The van der Waals surface area contributed by atoms with E-state index in [0.717, 1.165) is 47.9 Å². The maximum atomic E-state index is 11.7. The Balaban J connectivity index is 0.000000892. The smallest absolute Gasteiger partial charge is 0.317 e. The van der Waals surface area contributed by atoms with Crippen molar-refractivity contribution in [1.29, 1.82) is 0 Å². The molecule has 0 saturated heterocycles. The summed E-state index contributed by atoms with van der Waals surface area (Å²) >= 11 is 0. The molecule has 0 spiro atoms. The molecule has 158 valence electrons. The lowest BCUT2D eigenvalue weighted by atomic mass is 9.79. The van der Waals surface area contributed by atoms with E-state index in [9.17, 15) is 14.5 Å². The molecule has 0 bridgehead atoms. The van der Waals surface area contributed by atoms with Crippen LogP contribution in [0.5, 0.6) is 5.75 Å². The third kappa shape index (κ3) is 7.54. The summed E-state index contributed by atoms with van der Waals surface area (Å²) in [6.07, 6.45) is 9.57. The van der Waals surface area contributed by atoms with E-state index in [2.05, 4.69) is 18.4 Å². The number of unbranched alkanes of at least 4 members (excludes halogenated alkanes) is 1. The summed E-state index contributed by atoms with van der Waals surface area (Å²) in [4.78, 5) is 20.4. The highest BCUT2D eigenvalue weighted by Gasteiger charge is 2.25. The molecule has 0 amide bonds. The fourth-order valence-electron chi connectivity index (χ4n) is 3.04. The molecule has 0 saturated carbocycles. The summed E-state index contributed by atoms with van der Waals surface area (Å²) in [5.41, 5.74) is 3.66. The number of fused-ring (bicyclic) bond motifs is 1. The zero-order valence-electron chi connectivity index (χ0n) is 17.8. The van der Waals surface area contributed by atoms with Crippen LogP contribution >= 0.6 is 8.25 Å². The largest absolute Gasteiger partial charge is 0.507 e. The van der Waals surface area contributed by atoms with E-state index in [1.807, 2.05) is 26.8 Å². The third-order valence-electron chi connectivity index (χ3n) is 4.75. The van der Waals surface area contributed by atoms with Gasteiger partial charge >= 0.3 is 8.25 Å². The second-order valence-electron chi connectivity index (χ2n) is 8.13. The van der Waals surface area contributed by atoms with Gasteiger partial charge in [0.25, 0.3) is 0 Å². The Kier molecular flexibility index (Phi) is 10.2. The molecule has 0 aliphatic heterocycles. The van der Waals surface area contributed by atoms with Crippen molar-refractivity contribution in [2.75, 3.05) is 6.61 Å². The van der Waals surface area contributed by atoms with Crippen LogP contribution in [0.2, 0.25) is 0 Å². The van der Waals surface area contributed by atoms with Crippen molar-refractivity contribution in [3.63, 3.8) is 0 Å². The highest BCUT2D eigenvalue weighted by Crippen LogP contribution is 2.40. The van der Waals surface area contributed by atoms with Crippen LogP contribution in [0.1, 0.15) is 82.6 Å². The van der Waals surface area contributed by atoms with Crippen molar-refractivity contribution in [2.45, 2.75) is 78.6 Å². The molecule has 0 aromatic heterocycles. The Bertz CT molecular complexity index is 715. The SMILES string of the molecule is CC(C)(C)c1cc(/C=C/C(=O)CO[PH](=O)O)c2c(c1O)CCCC2.CCCC. The standard InChI is InChI=1S/C18H25O5P.C4H10/c1-18(2,3)16-10-12(8-9-13(19)11-23-24(21)22)14-6-4-5-7-15(14)17(16)20;1-3-4-2/h8-10,20,24H,4-7,11H2,1-3H3,(H,21,22);3-4H2,1-2H3/b9-8+;. The molecule has 1 aliphatic rings. The van der Waals surface area contributed by atoms with Crippen molar-refractivity contribution in [2.24, 2.45) is 0 Å². The lowest BCUT2D eigenvalue weighted by Crippen LogP contribution is -2.15. The Labute approximate surface area is 169 Å². The fraction of sp³-hybridized carbons (Fsp3) is 0.591. The molecule has 1 aromatic rings. The number of phenolic OH excluding ortho intramolecular Hbond substituents is 1. The minimum Gasteiger partial charge on any atom is -0.507 e. The monoisotopic (exact) mass is 410 g/mol. The van der Waals surface area contributed by atoms with Gasteiger partial charge in [0.05, 0.1) is 0 Å². The summed E-state index contributed by atoms with van der Waals surface area (Å²) in [7, 11) is -3.09. The summed E-state index contributed by atoms with van der Waals surface area (Å²) in [6.45, 7) is 10.1. The molecule has 1 atom stereocenters. The van der Waals surface area contributed by atoms with Gasteiger partial charge in [-0.25, -0.2) is 0 Å². The van der Waals surface area contributed by atoms with Gasteiger partial charge in [-0.1, -0.05) is 53.5 Å². The minimum atomic E-state index is -3.09. The topological polar surface area (TPSA) is 83.8 Å². The molecular weight excluding hydrogens is 375 g/mol. The van der Waals surface area contributed by atoms with Crippen molar-refractivity contribution in [1.82, 2.24) is 0 Å². The number of hydrogen-bond acceptors (Lipinski definition) is 4. The predicted molar refractivity (Wildman–Crippen MR) is 115 cm³/mol. The second kappa shape index (κ2) is 11.5. The average Bonchev–Trinajstić information content (AvgIpc) is 2.65. The molecule has 1 aliphatic carbocycles. The van der Waals surface area contributed by atoms with Gasteiger partial charge in [0.15, 0.2) is 5.78 Å². The molecule has 0 radical (unpaired) electrons. The number of aromatic hydroxyl groups is 1. The van der Waals surface area contributed by atoms with E-state index < -0.39 is 14.9 Å². The van der Waals surface area contributed by atoms with Crippen molar-refractivity contribution in [3.8, 4) is 5.75 Å². The number of rotatable bonds is 6. The number of benzene rings is 1. The Hall–Kier alpha value is -1.42. The van der Waals surface area contributed by atoms with Gasteiger partial charge in [0.1, 0.15) is 12.4 Å². The molecule has 28 heavy (non-hydrogen) atoms. The molecule has 6 heteroatoms. The first kappa shape index (κ1) is 24.6. The lowest BCUT2D eigenvalue weighted by Gasteiger charge is -2.27. The predicted octanol–water partition coefficient (Wildman–Crippen LogP) is 5.36. The summed E-state index contributed by atoms with van der Waals surface area (Å²) in [5, 5.41) is 10.6. The quantitative estimate of drug-likeness (QED) is 0.487. The van der Waals surface area contributed by atoms with E-state index in [0.29, 0.717) is 5.75 Å². The number of carbonyl (C=O) groups is 1. The van der Waals surface area contributed by atoms with E-state index >= 15 is 0 Å². The maximum Gasteiger partial charge on any atom is 0.317 e. The number of carbonyl (C=O) groups excluding carboxylic acids is 1. The van der Waals surface area contributed by atoms with Gasteiger partial charge in [-0.2, -0.15) is 0 Å². The van der Waals surface area contributed by atoms with Crippen LogP contribution in [0.3, 0.4) is 0 Å². The molecule has 2 rings (SSSR count). The molecular formula is C22H35O5P. The normalized spacial score (nSPS) is 14.9. The summed E-state index contributed by atoms with van der Waals surface area (Å²) in [6, 6.07) is 1.94. The number of ketones is 1. The first-order valence-electron chi connectivity index (χ1n) is 10.1. The van der Waals surface area contributed by atoms with Gasteiger partial charge in [0, 0.05) is 5.56 Å². The van der Waals surface area contributed by atoms with Crippen molar-refractivity contribution < 1.29 is 23.9 Å². The van der Waals surface area contributed by atoms with Crippen LogP contribution in [0.25, 0.3) is 6.08 Å². The van der Waals surface area contributed by atoms with E-state index in [1.165, 1.54) is 18.9 Å². The van der Waals surface area contributed by atoms with Crippen LogP contribution in [-0.4, -0.2) is 22.4 Å². The second-order valence-corrected chi connectivity index (χ2v) is 8.95. The molecule has 5 nitrogen and oxygen atoms in total. The molecule has 2 N–H and O–H groups in total. The molecule has 1 aromatic carbocycles. The van der Waals surface area contributed by atoms with E-state index in [-0.39, 0.29) is 11.2 Å². The summed E-state index contributed by atoms with van der Waals surface area (Å²) in [5.74, 6) is 0.0141. The maximum absolute atomic E-state index is 11.7. The fourth-order valence-corrected chi connectivity index (χ4v) is 3.31. The highest BCUT2D eigenvalue weighted by atomic mass is 31.1.